The molecule has 3 heterocycles. The summed E-state index contributed by atoms with van der Waals surface area (Å²) in [6.07, 6.45) is 0. The fraction of sp³-hybridized carbons (Fsp3) is 0.500. The van der Waals surface area contributed by atoms with Crippen LogP contribution in [-0.4, -0.2) is 78.0 Å². The number of likely N-dealkylation sites (N-methyl/N-ethyl adjacent to an activating group) is 1. The van der Waals surface area contributed by atoms with Gasteiger partial charge < -0.3 is 14.7 Å². The number of rotatable bonds is 7. The van der Waals surface area contributed by atoms with Crippen molar-refractivity contribution in [2.75, 3.05) is 51.6 Å². The Hall–Kier alpha value is -1.94. The van der Waals surface area contributed by atoms with Crippen LogP contribution in [0.1, 0.15) is 10.6 Å². The van der Waals surface area contributed by atoms with Gasteiger partial charge in [0.1, 0.15) is 5.76 Å². The number of halogens is 1. The fourth-order valence-corrected chi connectivity index (χ4v) is 4.13. The predicted molar refractivity (Wildman–Crippen MR) is 109 cm³/mol. The van der Waals surface area contributed by atoms with Crippen molar-refractivity contribution in [3.63, 3.8) is 0 Å². The fourth-order valence-electron chi connectivity index (χ4n) is 2.99. The lowest BCUT2D eigenvalue weighted by molar-refractivity contribution is -0.132. The third-order valence-corrected chi connectivity index (χ3v) is 5.75. The van der Waals surface area contributed by atoms with E-state index >= 15 is 0 Å². The number of aromatic nitrogens is 1. The Kier molecular flexibility index (Phi) is 7.06. The minimum atomic E-state index is -0.118. The zero-order chi connectivity index (χ0) is 20.1. The predicted octanol–water partition coefficient (Wildman–Crippen LogP) is 1.91. The van der Waals surface area contributed by atoms with Gasteiger partial charge in [-0.15, -0.1) is 11.3 Å². The summed E-state index contributed by atoms with van der Waals surface area (Å²) in [7, 11) is 1.81. The molecule has 0 aliphatic carbocycles. The zero-order valence-electron chi connectivity index (χ0n) is 16.0. The molecule has 1 saturated heterocycles. The molecule has 10 heteroatoms. The summed E-state index contributed by atoms with van der Waals surface area (Å²) in [6, 6.07) is 5.47. The average molecular weight is 426 g/mol. The van der Waals surface area contributed by atoms with Crippen molar-refractivity contribution >= 4 is 40.6 Å². The first-order chi connectivity index (χ1) is 13.4. The van der Waals surface area contributed by atoms with E-state index in [4.69, 9.17) is 16.1 Å². The van der Waals surface area contributed by atoms with E-state index in [1.165, 1.54) is 11.3 Å². The first-order valence-corrected chi connectivity index (χ1v) is 10.2. The number of anilines is 1. The third-order valence-electron chi connectivity index (χ3n) is 4.53. The summed E-state index contributed by atoms with van der Waals surface area (Å²) in [6.45, 7) is 6.00. The summed E-state index contributed by atoms with van der Waals surface area (Å²) in [5.41, 5.74) is 0. The lowest BCUT2D eigenvalue weighted by Gasteiger charge is -2.34. The van der Waals surface area contributed by atoms with Crippen LogP contribution in [0.15, 0.2) is 22.7 Å². The molecule has 0 aromatic carbocycles. The first kappa shape index (κ1) is 20.8. The van der Waals surface area contributed by atoms with E-state index in [1.807, 2.05) is 19.2 Å². The number of nitrogens with one attached hydrogen (secondary N) is 1. The van der Waals surface area contributed by atoms with Gasteiger partial charge in [0, 0.05) is 44.2 Å². The molecule has 0 bridgehead atoms. The van der Waals surface area contributed by atoms with Crippen molar-refractivity contribution in [1.82, 2.24) is 19.9 Å². The molecule has 0 unspecified atom stereocenters. The van der Waals surface area contributed by atoms with E-state index in [1.54, 1.807) is 17.9 Å². The van der Waals surface area contributed by atoms with Crippen LogP contribution in [0.4, 0.5) is 5.82 Å². The van der Waals surface area contributed by atoms with Gasteiger partial charge in [-0.2, -0.15) is 0 Å². The number of aryl methyl sites for hydroxylation is 1. The van der Waals surface area contributed by atoms with Gasteiger partial charge in [0.25, 0.3) is 0 Å². The maximum absolute atomic E-state index is 12.4. The van der Waals surface area contributed by atoms with Crippen molar-refractivity contribution in [2.45, 2.75) is 13.5 Å². The number of hydrogen-bond acceptors (Lipinski definition) is 7. The maximum atomic E-state index is 12.4. The average Bonchev–Trinajstić information content (AvgIpc) is 3.24. The van der Waals surface area contributed by atoms with E-state index in [9.17, 15) is 9.59 Å². The van der Waals surface area contributed by atoms with E-state index < -0.39 is 0 Å². The number of hydrogen-bond donors (Lipinski definition) is 1. The molecule has 1 aliphatic rings. The molecule has 0 saturated carbocycles. The maximum Gasteiger partial charge on any atom is 0.239 e. The number of carbonyl (C=O) groups is 2. The minimum absolute atomic E-state index is 0.0807. The molecule has 1 fully saturated rings. The summed E-state index contributed by atoms with van der Waals surface area (Å²) in [4.78, 5) is 31.5. The van der Waals surface area contributed by atoms with E-state index in [0.29, 0.717) is 31.2 Å². The Morgan fingerprint density at radius 1 is 1.25 bits per heavy atom. The smallest absolute Gasteiger partial charge is 0.239 e. The van der Waals surface area contributed by atoms with Gasteiger partial charge in [0.15, 0.2) is 5.82 Å². The standard InChI is InChI=1S/C18H24ClN5O3S/c1-13-9-16(21-27-13)20-17(25)11-23-5-7-24(8-6-23)12-18(26)22(2)10-14-3-4-15(19)28-14/h3-4,9H,5-8,10-12H2,1-2H3,(H,20,21,25). The quantitative estimate of drug-likeness (QED) is 0.729. The Morgan fingerprint density at radius 2 is 1.93 bits per heavy atom. The van der Waals surface area contributed by atoms with Crippen molar-refractivity contribution in [3.05, 3.63) is 33.2 Å². The molecule has 3 rings (SSSR count). The molecule has 1 aliphatic heterocycles. The minimum Gasteiger partial charge on any atom is -0.360 e. The Morgan fingerprint density at radius 3 is 2.50 bits per heavy atom. The van der Waals surface area contributed by atoms with Gasteiger partial charge in [-0.1, -0.05) is 16.8 Å². The Balaban J connectivity index is 1.37. The van der Waals surface area contributed by atoms with Crippen LogP contribution in [0.25, 0.3) is 0 Å². The van der Waals surface area contributed by atoms with Gasteiger partial charge in [-0.05, 0) is 19.1 Å². The van der Waals surface area contributed by atoms with Crippen molar-refractivity contribution in [2.24, 2.45) is 0 Å². The zero-order valence-corrected chi connectivity index (χ0v) is 17.6. The van der Waals surface area contributed by atoms with Crippen LogP contribution < -0.4 is 5.32 Å². The number of piperazine rings is 1. The van der Waals surface area contributed by atoms with E-state index in [2.05, 4.69) is 20.3 Å². The van der Waals surface area contributed by atoms with Crippen LogP contribution in [0.5, 0.6) is 0 Å². The first-order valence-electron chi connectivity index (χ1n) is 9.05. The number of carbonyl (C=O) groups excluding carboxylic acids is 2. The number of amides is 2. The third kappa shape index (κ3) is 6.03. The van der Waals surface area contributed by atoms with Gasteiger partial charge in [0.05, 0.1) is 24.0 Å². The van der Waals surface area contributed by atoms with Gasteiger partial charge >= 0.3 is 0 Å². The highest BCUT2D eigenvalue weighted by Crippen LogP contribution is 2.22. The largest absolute Gasteiger partial charge is 0.360 e. The molecule has 2 amide bonds. The molecule has 28 heavy (non-hydrogen) atoms. The van der Waals surface area contributed by atoms with Crippen LogP contribution in [0.3, 0.4) is 0 Å². The van der Waals surface area contributed by atoms with Gasteiger partial charge in [-0.25, -0.2) is 0 Å². The van der Waals surface area contributed by atoms with E-state index in [-0.39, 0.29) is 11.8 Å². The Bertz CT molecular complexity index is 816. The van der Waals surface area contributed by atoms with E-state index in [0.717, 1.165) is 35.4 Å². The second kappa shape index (κ2) is 9.51. The van der Waals surface area contributed by atoms with Crippen molar-refractivity contribution < 1.29 is 14.1 Å². The molecule has 0 radical (unpaired) electrons. The number of nitrogens with zero attached hydrogens (tertiary/aromatic N) is 4. The summed E-state index contributed by atoms with van der Waals surface area (Å²) in [5, 5.41) is 6.48. The second-order valence-electron chi connectivity index (χ2n) is 6.88. The summed E-state index contributed by atoms with van der Waals surface area (Å²) < 4.78 is 5.67. The highest BCUT2D eigenvalue weighted by Gasteiger charge is 2.22. The number of thiophene rings is 1. The highest BCUT2D eigenvalue weighted by atomic mass is 35.5. The lowest BCUT2D eigenvalue weighted by atomic mass is 10.3. The molecule has 2 aromatic heterocycles. The van der Waals surface area contributed by atoms with Crippen LogP contribution in [0.2, 0.25) is 4.34 Å². The molecule has 0 spiro atoms. The van der Waals surface area contributed by atoms with Gasteiger partial charge in [0.2, 0.25) is 11.8 Å². The SMILES string of the molecule is Cc1cc(NC(=O)CN2CCN(CC(=O)N(C)Cc3ccc(Cl)s3)CC2)no1. The van der Waals surface area contributed by atoms with Gasteiger partial charge in [-0.3, -0.25) is 19.4 Å². The van der Waals surface area contributed by atoms with Crippen molar-refractivity contribution in [1.29, 1.82) is 0 Å². The molecule has 0 atom stereocenters. The molecule has 1 N–H and O–H groups in total. The van der Waals surface area contributed by atoms with Crippen LogP contribution >= 0.6 is 22.9 Å². The normalized spacial score (nSPS) is 15.5. The van der Waals surface area contributed by atoms with Crippen LogP contribution in [0, 0.1) is 6.92 Å². The summed E-state index contributed by atoms with van der Waals surface area (Å²) >= 11 is 7.43. The topological polar surface area (TPSA) is 81.9 Å². The molecule has 8 nitrogen and oxygen atoms in total. The lowest BCUT2D eigenvalue weighted by Crippen LogP contribution is -2.51. The van der Waals surface area contributed by atoms with Crippen molar-refractivity contribution in [3.8, 4) is 0 Å². The summed E-state index contributed by atoms with van der Waals surface area (Å²) in [5.74, 6) is 1.05. The molecular weight excluding hydrogens is 402 g/mol. The molecule has 152 valence electrons. The monoisotopic (exact) mass is 425 g/mol. The molecule has 2 aromatic rings. The highest BCUT2D eigenvalue weighted by molar-refractivity contribution is 7.16. The van der Waals surface area contributed by atoms with Crippen LogP contribution in [-0.2, 0) is 16.1 Å². The molecular formula is C18H24ClN5O3S. The second-order valence-corrected chi connectivity index (χ2v) is 8.68. The Labute approximate surface area is 173 Å².